The van der Waals surface area contributed by atoms with Gasteiger partial charge in [0, 0.05) is 18.8 Å². The van der Waals surface area contributed by atoms with Crippen molar-refractivity contribution < 1.29 is 18.7 Å². The Balaban J connectivity index is 1.50. The lowest BCUT2D eigenvalue weighted by atomic mass is 10.1. The summed E-state index contributed by atoms with van der Waals surface area (Å²) in [6, 6.07) is 12.9. The minimum atomic E-state index is -0.564. The molecule has 0 spiro atoms. The van der Waals surface area contributed by atoms with Gasteiger partial charge in [-0.25, -0.2) is 9.18 Å². The number of amides is 3. The van der Waals surface area contributed by atoms with Gasteiger partial charge in [0.1, 0.15) is 5.82 Å². The average Bonchev–Trinajstić information content (AvgIpc) is 3.19. The van der Waals surface area contributed by atoms with Crippen LogP contribution in [0, 0.1) is 5.82 Å². The number of nitrogens with one attached hydrogen (secondary N) is 3. The molecule has 7 heteroatoms. The van der Waals surface area contributed by atoms with Crippen molar-refractivity contribution in [2.45, 2.75) is 31.8 Å². The van der Waals surface area contributed by atoms with Crippen LogP contribution in [0.5, 0.6) is 0 Å². The molecule has 2 aromatic carbocycles. The van der Waals surface area contributed by atoms with Crippen LogP contribution in [0.25, 0.3) is 0 Å². The first-order chi connectivity index (χ1) is 13.6. The molecule has 6 nitrogen and oxygen atoms in total. The van der Waals surface area contributed by atoms with Crippen LogP contribution in [0.3, 0.4) is 0 Å². The van der Waals surface area contributed by atoms with E-state index in [4.69, 9.17) is 4.74 Å². The van der Waals surface area contributed by atoms with Crippen molar-refractivity contribution in [2.24, 2.45) is 0 Å². The van der Waals surface area contributed by atoms with Gasteiger partial charge >= 0.3 is 6.03 Å². The fourth-order valence-corrected chi connectivity index (χ4v) is 3.07. The Morgan fingerprint density at radius 3 is 2.68 bits per heavy atom. The van der Waals surface area contributed by atoms with Crippen LogP contribution < -0.4 is 16.0 Å². The molecule has 0 aromatic heterocycles. The molecule has 0 bridgehead atoms. The average molecular weight is 385 g/mol. The second kappa shape index (κ2) is 9.85. The maximum Gasteiger partial charge on any atom is 0.319 e. The highest BCUT2D eigenvalue weighted by molar-refractivity contribution is 5.94. The molecule has 1 aliphatic rings. The highest BCUT2D eigenvalue weighted by Crippen LogP contribution is 2.20. The summed E-state index contributed by atoms with van der Waals surface area (Å²) in [6.45, 7) is 1.28. The number of ether oxygens (including phenoxy) is 1. The number of anilines is 2. The summed E-state index contributed by atoms with van der Waals surface area (Å²) in [5.74, 6) is -0.894. The Morgan fingerprint density at radius 1 is 1.11 bits per heavy atom. The van der Waals surface area contributed by atoms with Gasteiger partial charge in [0.2, 0.25) is 5.91 Å². The second-order valence-corrected chi connectivity index (χ2v) is 6.71. The largest absolute Gasteiger partial charge is 0.378 e. The van der Waals surface area contributed by atoms with Crippen LogP contribution in [0.1, 0.15) is 24.8 Å². The fraction of sp³-hybridized carbons (Fsp3) is 0.333. The lowest BCUT2D eigenvalue weighted by molar-refractivity contribution is -0.115. The SMILES string of the molecule is O=C(Cc1ccccc1)Nc1cc(NC(=O)NCC[C@H]2CCCO2)ccc1F. The molecule has 1 aliphatic heterocycles. The topological polar surface area (TPSA) is 79.5 Å². The third kappa shape index (κ3) is 6.06. The standard InChI is InChI=1S/C21H24FN3O3/c22-18-9-8-16(24-21(27)23-11-10-17-7-4-12-28-17)14-19(18)25-20(26)13-15-5-2-1-3-6-15/h1-3,5-6,8-9,14,17H,4,7,10-13H2,(H,25,26)(H2,23,24,27)/t17-/m1/s1. The van der Waals surface area contributed by atoms with Gasteiger partial charge < -0.3 is 20.7 Å². The zero-order valence-electron chi connectivity index (χ0n) is 15.5. The Hall–Kier alpha value is -2.93. The van der Waals surface area contributed by atoms with E-state index in [2.05, 4.69) is 16.0 Å². The van der Waals surface area contributed by atoms with E-state index in [1.165, 1.54) is 18.2 Å². The van der Waals surface area contributed by atoms with E-state index < -0.39 is 5.82 Å². The second-order valence-electron chi connectivity index (χ2n) is 6.71. The third-order valence-corrected chi connectivity index (χ3v) is 4.48. The molecule has 148 valence electrons. The number of carbonyl (C=O) groups is 2. The molecule has 0 radical (unpaired) electrons. The van der Waals surface area contributed by atoms with E-state index in [0.29, 0.717) is 12.2 Å². The molecule has 1 atom stereocenters. The van der Waals surface area contributed by atoms with Gasteiger partial charge in [-0.3, -0.25) is 4.79 Å². The van der Waals surface area contributed by atoms with Crippen molar-refractivity contribution in [3.05, 3.63) is 59.9 Å². The van der Waals surface area contributed by atoms with Crippen LogP contribution in [-0.4, -0.2) is 31.2 Å². The van der Waals surface area contributed by atoms with Crippen molar-refractivity contribution in [1.29, 1.82) is 0 Å². The minimum Gasteiger partial charge on any atom is -0.378 e. The normalized spacial score (nSPS) is 15.8. The van der Waals surface area contributed by atoms with Crippen molar-refractivity contribution >= 4 is 23.3 Å². The first kappa shape index (κ1) is 19.8. The monoisotopic (exact) mass is 385 g/mol. The Labute approximate surface area is 163 Å². The Kier molecular flexibility index (Phi) is 6.97. The fourth-order valence-electron chi connectivity index (χ4n) is 3.07. The molecule has 0 aliphatic carbocycles. The summed E-state index contributed by atoms with van der Waals surface area (Å²) in [5.41, 5.74) is 1.25. The van der Waals surface area contributed by atoms with Gasteiger partial charge in [-0.05, 0) is 43.0 Å². The lowest BCUT2D eigenvalue weighted by Crippen LogP contribution is -2.31. The van der Waals surface area contributed by atoms with E-state index in [0.717, 1.165) is 31.4 Å². The molecule has 0 unspecified atom stereocenters. The van der Waals surface area contributed by atoms with Crippen LogP contribution in [0.4, 0.5) is 20.6 Å². The summed E-state index contributed by atoms with van der Waals surface area (Å²) in [7, 11) is 0. The van der Waals surface area contributed by atoms with Crippen LogP contribution in [-0.2, 0) is 16.0 Å². The third-order valence-electron chi connectivity index (χ3n) is 4.48. The van der Waals surface area contributed by atoms with E-state index in [-0.39, 0.29) is 30.2 Å². The molecule has 3 amide bonds. The number of carbonyl (C=O) groups excluding carboxylic acids is 2. The maximum atomic E-state index is 14.0. The van der Waals surface area contributed by atoms with Gasteiger partial charge in [0.15, 0.2) is 0 Å². The van der Waals surface area contributed by atoms with E-state index >= 15 is 0 Å². The van der Waals surface area contributed by atoms with Gasteiger partial charge in [0.25, 0.3) is 0 Å². The van der Waals surface area contributed by atoms with Gasteiger partial charge in [-0.1, -0.05) is 30.3 Å². The summed E-state index contributed by atoms with van der Waals surface area (Å²) in [4.78, 5) is 24.1. The summed E-state index contributed by atoms with van der Waals surface area (Å²) < 4.78 is 19.5. The number of halogens is 1. The first-order valence-corrected chi connectivity index (χ1v) is 9.40. The predicted molar refractivity (Wildman–Crippen MR) is 106 cm³/mol. The van der Waals surface area contributed by atoms with E-state index in [9.17, 15) is 14.0 Å². The maximum absolute atomic E-state index is 14.0. The summed E-state index contributed by atoms with van der Waals surface area (Å²) in [5, 5.41) is 7.95. The zero-order valence-corrected chi connectivity index (χ0v) is 15.5. The molecule has 0 saturated carbocycles. The number of hydrogen-bond acceptors (Lipinski definition) is 3. The molecule has 3 rings (SSSR count). The molecular formula is C21H24FN3O3. The lowest BCUT2D eigenvalue weighted by Gasteiger charge is -2.12. The highest BCUT2D eigenvalue weighted by atomic mass is 19.1. The number of rotatable bonds is 7. The van der Waals surface area contributed by atoms with Gasteiger partial charge in [-0.15, -0.1) is 0 Å². The molecule has 28 heavy (non-hydrogen) atoms. The first-order valence-electron chi connectivity index (χ1n) is 9.40. The predicted octanol–water partition coefficient (Wildman–Crippen LogP) is 3.70. The van der Waals surface area contributed by atoms with Crippen molar-refractivity contribution in [2.75, 3.05) is 23.8 Å². The van der Waals surface area contributed by atoms with Crippen molar-refractivity contribution in [1.82, 2.24) is 5.32 Å². The summed E-state index contributed by atoms with van der Waals surface area (Å²) in [6.07, 6.45) is 3.19. The quantitative estimate of drug-likeness (QED) is 0.680. The van der Waals surface area contributed by atoms with E-state index in [1.54, 1.807) is 0 Å². The van der Waals surface area contributed by atoms with Crippen LogP contribution in [0.15, 0.2) is 48.5 Å². The van der Waals surface area contributed by atoms with Crippen molar-refractivity contribution in [3.8, 4) is 0 Å². The minimum absolute atomic E-state index is 0.0260. The summed E-state index contributed by atoms with van der Waals surface area (Å²) >= 11 is 0. The number of hydrogen-bond donors (Lipinski definition) is 3. The molecular weight excluding hydrogens is 361 g/mol. The molecule has 3 N–H and O–H groups in total. The number of benzene rings is 2. The smallest absolute Gasteiger partial charge is 0.319 e. The van der Waals surface area contributed by atoms with E-state index in [1.807, 2.05) is 30.3 Å². The molecule has 1 heterocycles. The number of urea groups is 1. The Morgan fingerprint density at radius 2 is 1.93 bits per heavy atom. The molecule has 2 aromatic rings. The van der Waals surface area contributed by atoms with Crippen molar-refractivity contribution in [3.63, 3.8) is 0 Å². The van der Waals surface area contributed by atoms with Crippen LogP contribution >= 0.6 is 0 Å². The molecule has 1 saturated heterocycles. The van der Waals surface area contributed by atoms with Crippen LogP contribution in [0.2, 0.25) is 0 Å². The molecule has 1 fully saturated rings. The Bertz CT molecular complexity index is 808. The van der Waals surface area contributed by atoms with Gasteiger partial charge in [-0.2, -0.15) is 0 Å². The van der Waals surface area contributed by atoms with Gasteiger partial charge in [0.05, 0.1) is 18.2 Å². The zero-order chi connectivity index (χ0) is 19.8. The highest BCUT2D eigenvalue weighted by Gasteiger charge is 2.15.